The van der Waals surface area contributed by atoms with E-state index < -0.39 is 4.92 Å². The number of ketones is 1. The van der Waals surface area contributed by atoms with Crippen molar-refractivity contribution >= 4 is 22.8 Å². The lowest BCUT2D eigenvalue weighted by atomic mass is 10.1. The number of hydrogen-bond acceptors (Lipinski definition) is 5. The van der Waals surface area contributed by atoms with Gasteiger partial charge in [0.25, 0.3) is 5.69 Å². The van der Waals surface area contributed by atoms with Gasteiger partial charge in [0, 0.05) is 37.0 Å². The Morgan fingerprint density at radius 2 is 2.04 bits per heavy atom. The van der Waals surface area contributed by atoms with Gasteiger partial charge >= 0.3 is 0 Å². The van der Waals surface area contributed by atoms with E-state index in [0.29, 0.717) is 30.9 Å². The molecule has 0 radical (unpaired) electrons. The molecule has 1 aliphatic heterocycles. The molecule has 1 aliphatic rings. The smallest absolute Gasteiger partial charge is 0.293 e. The van der Waals surface area contributed by atoms with Crippen molar-refractivity contribution in [2.24, 2.45) is 0 Å². The number of carbonyl (C=O) groups is 1. The van der Waals surface area contributed by atoms with Gasteiger partial charge in [0.1, 0.15) is 5.69 Å². The molecular weight excluding hydrogens is 294 g/mol. The first-order chi connectivity index (χ1) is 11.1. The molecule has 118 valence electrons. The van der Waals surface area contributed by atoms with E-state index in [9.17, 15) is 14.9 Å². The Labute approximate surface area is 133 Å². The Hall–Kier alpha value is -2.89. The maximum atomic E-state index is 11.5. The summed E-state index contributed by atoms with van der Waals surface area (Å²) in [6.45, 7) is 3.34. The van der Waals surface area contributed by atoms with Crippen LogP contribution in [0.2, 0.25) is 0 Å². The number of rotatable bonds is 3. The molecule has 3 rings (SSSR count). The van der Waals surface area contributed by atoms with Gasteiger partial charge in [-0.2, -0.15) is 0 Å². The van der Waals surface area contributed by atoms with E-state index in [1.54, 1.807) is 12.1 Å². The summed E-state index contributed by atoms with van der Waals surface area (Å²) in [6, 6.07) is 12.6. The maximum Gasteiger partial charge on any atom is 0.293 e. The third-order valence-electron chi connectivity index (χ3n) is 4.00. The number of benzene rings is 2. The first-order valence-corrected chi connectivity index (χ1v) is 7.42. The van der Waals surface area contributed by atoms with Gasteiger partial charge in [-0.25, -0.2) is 0 Å². The van der Waals surface area contributed by atoms with Gasteiger partial charge in [-0.1, -0.05) is 18.2 Å². The average Bonchev–Trinajstić information content (AvgIpc) is 2.76. The molecule has 2 aromatic rings. The first-order valence-electron chi connectivity index (χ1n) is 7.42. The van der Waals surface area contributed by atoms with Crippen LogP contribution in [-0.2, 0) is 6.54 Å². The summed E-state index contributed by atoms with van der Waals surface area (Å²) in [7, 11) is 0. The fraction of sp³-hybridized carbons (Fsp3) is 0.235. The zero-order valence-electron chi connectivity index (χ0n) is 12.8. The monoisotopic (exact) mass is 311 g/mol. The van der Waals surface area contributed by atoms with E-state index in [1.807, 2.05) is 29.2 Å². The summed E-state index contributed by atoms with van der Waals surface area (Å²) in [5, 5.41) is 14.8. The molecule has 0 aliphatic carbocycles. The Bertz CT molecular complexity index is 773. The minimum Gasteiger partial charge on any atom is -0.383 e. The standard InChI is InChI=1S/C17H17N3O3/c1-12(21)13-6-7-16(17(10-13)20(22)23)19-9-8-18-15-5-3-2-4-14(15)11-19/h2-7,10,18H,8-9,11H2,1H3. The maximum absolute atomic E-state index is 11.5. The molecule has 0 saturated heterocycles. The van der Waals surface area contributed by atoms with Gasteiger partial charge in [-0.3, -0.25) is 14.9 Å². The van der Waals surface area contributed by atoms with Crippen LogP contribution in [0, 0.1) is 10.1 Å². The quantitative estimate of drug-likeness (QED) is 0.535. The van der Waals surface area contributed by atoms with Crippen LogP contribution in [0.25, 0.3) is 0 Å². The molecule has 0 saturated carbocycles. The molecule has 0 unspecified atom stereocenters. The third-order valence-corrected chi connectivity index (χ3v) is 4.00. The molecule has 0 spiro atoms. The summed E-state index contributed by atoms with van der Waals surface area (Å²) in [6.07, 6.45) is 0. The Balaban J connectivity index is 2.01. The predicted molar refractivity (Wildman–Crippen MR) is 89.1 cm³/mol. The van der Waals surface area contributed by atoms with Gasteiger partial charge in [0.05, 0.1) is 4.92 Å². The molecule has 0 fully saturated rings. The molecule has 1 N–H and O–H groups in total. The minimum absolute atomic E-state index is 0.0305. The molecular formula is C17H17N3O3. The van der Waals surface area contributed by atoms with Crippen LogP contribution in [0.3, 0.4) is 0 Å². The van der Waals surface area contributed by atoms with Crippen molar-refractivity contribution in [3.8, 4) is 0 Å². The van der Waals surface area contributed by atoms with Crippen molar-refractivity contribution in [2.75, 3.05) is 23.3 Å². The van der Waals surface area contributed by atoms with Gasteiger partial charge in [0.15, 0.2) is 5.78 Å². The van der Waals surface area contributed by atoms with Crippen LogP contribution in [-0.4, -0.2) is 23.8 Å². The van der Waals surface area contributed by atoms with Crippen LogP contribution < -0.4 is 10.2 Å². The lowest BCUT2D eigenvalue weighted by Gasteiger charge is -2.22. The lowest BCUT2D eigenvalue weighted by Crippen LogP contribution is -2.26. The minimum atomic E-state index is -0.425. The average molecular weight is 311 g/mol. The summed E-state index contributed by atoms with van der Waals surface area (Å²) in [4.78, 5) is 24.5. The summed E-state index contributed by atoms with van der Waals surface area (Å²) in [5.74, 6) is -0.178. The van der Waals surface area contributed by atoms with Crippen LogP contribution in [0.4, 0.5) is 17.1 Å². The number of nitro groups is 1. The summed E-state index contributed by atoms with van der Waals surface area (Å²) >= 11 is 0. The molecule has 2 aromatic carbocycles. The number of nitrogens with one attached hydrogen (secondary N) is 1. The zero-order chi connectivity index (χ0) is 16.4. The van der Waals surface area contributed by atoms with Crippen molar-refractivity contribution in [1.82, 2.24) is 0 Å². The zero-order valence-corrected chi connectivity index (χ0v) is 12.8. The van der Waals surface area contributed by atoms with Gasteiger partial charge < -0.3 is 10.2 Å². The van der Waals surface area contributed by atoms with E-state index in [-0.39, 0.29) is 11.5 Å². The fourth-order valence-corrected chi connectivity index (χ4v) is 2.80. The van der Waals surface area contributed by atoms with E-state index in [4.69, 9.17) is 0 Å². The number of hydrogen-bond donors (Lipinski definition) is 1. The molecule has 0 bridgehead atoms. The SMILES string of the molecule is CC(=O)c1ccc(N2CCNc3ccccc3C2)c([N+](=O)[O-])c1. The number of nitrogens with zero attached hydrogens (tertiary/aromatic N) is 2. The number of carbonyl (C=O) groups excluding carboxylic acids is 1. The van der Waals surface area contributed by atoms with Crippen LogP contribution >= 0.6 is 0 Å². The van der Waals surface area contributed by atoms with Crippen molar-refractivity contribution in [1.29, 1.82) is 0 Å². The highest BCUT2D eigenvalue weighted by Crippen LogP contribution is 2.32. The molecule has 0 amide bonds. The lowest BCUT2D eigenvalue weighted by molar-refractivity contribution is -0.384. The van der Waals surface area contributed by atoms with E-state index >= 15 is 0 Å². The number of nitro benzene ring substituents is 1. The molecule has 23 heavy (non-hydrogen) atoms. The van der Waals surface area contributed by atoms with Crippen molar-refractivity contribution in [3.05, 3.63) is 63.7 Å². The number of Topliss-reactive ketones (excluding diaryl/α,β-unsaturated/α-hetero) is 1. The van der Waals surface area contributed by atoms with Gasteiger partial charge in [-0.15, -0.1) is 0 Å². The summed E-state index contributed by atoms with van der Waals surface area (Å²) in [5.41, 5.74) is 3.01. The van der Waals surface area contributed by atoms with E-state index in [2.05, 4.69) is 5.32 Å². The molecule has 0 atom stereocenters. The predicted octanol–water partition coefficient (Wildman–Crippen LogP) is 3.23. The highest BCUT2D eigenvalue weighted by atomic mass is 16.6. The second-order valence-corrected chi connectivity index (χ2v) is 5.52. The normalized spacial score (nSPS) is 13.7. The van der Waals surface area contributed by atoms with Crippen LogP contribution in [0.1, 0.15) is 22.8 Å². The molecule has 0 aromatic heterocycles. The number of para-hydroxylation sites is 1. The summed E-state index contributed by atoms with van der Waals surface area (Å²) < 4.78 is 0. The van der Waals surface area contributed by atoms with Crippen molar-refractivity contribution < 1.29 is 9.72 Å². The Morgan fingerprint density at radius 3 is 2.78 bits per heavy atom. The topological polar surface area (TPSA) is 75.5 Å². The number of anilines is 2. The van der Waals surface area contributed by atoms with Crippen LogP contribution in [0.15, 0.2) is 42.5 Å². The van der Waals surface area contributed by atoms with Crippen LogP contribution in [0.5, 0.6) is 0 Å². The largest absolute Gasteiger partial charge is 0.383 e. The highest BCUT2D eigenvalue weighted by Gasteiger charge is 2.23. The molecule has 6 heteroatoms. The Morgan fingerprint density at radius 1 is 1.26 bits per heavy atom. The second kappa shape index (κ2) is 6.08. The van der Waals surface area contributed by atoms with Gasteiger partial charge in [-0.05, 0) is 30.7 Å². The first kappa shape index (κ1) is 15.0. The molecule has 1 heterocycles. The van der Waals surface area contributed by atoms with Crippen molar-refractivity contribution in [3.63, 3.8) is 0 Å². The van der Waals surface area contributed by atoms with Gasteiger partial charge in [0.2, 0.25) is 0 Å². The second-order valence-electron chi connectivity index (χ2n) is 5.52. The fourth-order valence-electron chi connectivity index (χ4n) is 2.80. The van der Waals surface area contributed by atoms with E-state index in [0.717, 1.165) is 11.3 Å². The number of fused-ring (bicyclic) bond motifs is 1. The highest BCUT2D eigenvalue weighted by molar-refractivity contribution is 5.95. The molecule has 6 nitrogen and oxygen atoms in total. The Kier molecular flexibility index (Phi) is 3.97. The van der Waals surface area contributed by atoms with E-state index in [1.165, 1.54) is 13.0 Å². The third kappa shape index (κ3) is 3.01. The van der Waals surface area contributed by atoms with Crippen molar-refractivity contribution in [2.45, 2.75) is 13.5 Å².